The summed E-state index contributed by atoms with van der Waals surface area (Å²) in [5.74, 6) is 0.550. The molecule has 2 unspecified atom stereocenters. The van der Waals surface area contributed by atoms with Crippen LogP contribution in [0.4, 0.5) is 0 Å². The summed E-state index contributed by atoms with van der Waals surface area (Å²) in [6, 6.07) is 17.2. The molecule has 0 bridgehead atoms. The number of amides is 1. The van der Waals surface area contributed by atoms with Crippen LogP contribution in [0, 0.1) is 5.92 Å². The SMILES string of the molecule is CCOc1ccccc1CN(C)C(=O)C(C)C(N)c1ccccc1.Cl. The fourth-order valence-corrected chi connectivity index (χ4v) is 2.73. The average Bonchev–Trinajstić information content (AvgIpc) is 2.62. The van der Waals surface area contributed by atoms with Gasteiger partial charge in [-0.2, -0.15) is 0 Å². The number of halogens is 1. The van der Waals surface area contributed by atoms with Gasteiger partial charge in [-0.05, 0) is 18.6 Å². The molecule has 2 N–H and O–H groups in total. The highest BCUT2D eigenvalue weighted by Gasteiger charge is 2.25. The number of ether oxygens (including phenoxy) is 1. The number of nitrogens with two attached hydrogens (primary N) is 1. The lowest BCUT2D eigenvalue weighted by molar-refractivity contribution is -0.134. The maximum absolute atomic E-state index is 12.7. The van der Waals surface area contributed by atoms with Crippen molar-refractivity contribution in [1.29, 1.82) is 0 Å². The Kier molecular flexibility index (Phi) is 8.46. The van der Waals surface area contributed by atoms with Gasteiger partial charge in [-0.15, -0.1) is 12.4 Å². The van der Waals surface area contributed by atoms with Crippen molar-refractivity contribution in [1.82, 2.24) is 4.90 Å². The van der Waals surface area contributed by atoms with Crippen molar-refractivity contribution in [3.63, 3.8) is 0 Å². The number of para-hydroxylation sites is 1. The number of nitrogens with zero attached hydrogens (tertiary/aromatic N) is 1. The summed E-state index contributed by atoms with van der Waals surface area (Å²) in [5, 5.41) is 0. The highest BCUT2D eigenvalue weighted by Crippen LogP contribution is 2.23. The summed E-state index contributed by atoms with van der Waals surface area (Å²) in [5.41, 5.74) is 8.25. The number of hydrogen-bond donors (Lipinski definition) is 1. The van der Waals surface area contributed by atoms with Gasteiger partial charge in [0.05, 0.1) is 12.5 Å². The molecule has 0 saturated carbocycles. The highest BCUT2D eigenvalue weighted by molar-refractivity contribution is 5.85. The number of rotatable bonds is 7. The van der Waals surface area contributed by atoms with E-state index < -0.39 is 0 Å². The minimum absolute atomic E-state index is 0. The van der Waals surface area contributed by atoms with Gasteiger partial charge in [0.2, 0.25) is 5.91 Å². The molecular formula is C20H27ClN2O2. The van der Waals surface area contributed by atoms with Gasteiger partial charge in [0.1, 0.15) is 5.75 Å². The molecule has 0 aliphatic rings. The summed E-state index contributed by atoms with van der Waals surface area (Å²) in [7, 11) is 1.80. The molecule has 25 heavy (non-hydrogen) atoms. The van der Waals surface area contributed by atoms with Crippen LogP contribution in [0.3, 0.4) is 0 Å². The largest absolute Gasteiger partial charge is 0.494 e. The van der Waals surface area contributed by atoms with Crippen molar-refractivity contribution in [3.05, 3.63) is 65.7 Å². The smallest absolute Gasteiger partial charge is 0.227 e. The average molecular weight is 363 g/mol. The molecule has 0 saturated heterocycles. The molecule has 0 aliphatic heterocycles. The number of carbonyl (C=O) groups excluding carboxylic acids is 1. The first-order valence-corrected chi connectivity index (χ1v) is 8.30. The summed E-state index contributed by atoms with van der Waals surface area (Å²) < 4.78 is 5.63. The quantitative estimate of drug-likeness (QED) is 0.815. The van der Waals surface area contributed by atoms with Crippen molar-refractivity contribution in [2.45, 2.75) is 26.4 Å². The molecule has 0 fully saturated rings. The molecule has 2 aromatic rings. The summed E-state index contributed by atoms with van der Waals surface area (Å²) in [6.45, 7) is 4.93. The van der Waals surface area contributed by atoms with E-state index in [0.717, 1.165) is 16.9 Å². The van der Waals surface area contributed by atoms with E-state index in [4.69, 9.17) is 10.5 Å². The maximum atomic E-state index is 12.7. The van der Waals surface area contributed by atoms with E-state index in [-0.39, 0.29) is 30.3 Å². The summed E-state index contributed by atoms with van der Waals surface area (Å²) in [6.07, 6.45) is 0. The Hall–Kier alpha value is -2.04. The fraction of sp³-hybridized carbons (Fsp3) is 0.350. The van der Waals surface area contributed by atoms with Crippen molar-refractivity contribution in [2.75, 3.05) is 13.7 Å². The Morgan fingerprint density at radius 3 is 2.36 bits per heavy atom. The van der Waals surface area contributed by atoms with Gasteiger partial charge in [-0.25, -0.2) is 0 Å². The lowest BCUT2D eigenvalue weighted by Gasteiger charge is -2.26. The second-order valence-corrected chi connectivity index (χ2v) is 5.96. The van der Waals surface area contributed by atoms with Gasteiger partial charge in [0.15, 0.2) is 0 Å². The van der Waals surface area contributed by atoms with Crippen LogP contribution in [0.1, 0.15) is 31.0 Å². The predicted octanol–water partition coefficient (Wildman–Crippen LogP) is 3.80. The van der Waals surface area contributed by atoms with E-state index in [2.05, 4.69) is 0 Å². The first-order chi connectivity index (χ1) is 11.5. The molecular weight excluding hydrogens is 336 g/mol. The topological polar surface area (TPSA) is 55.6 Å². The number of carbonyl (C=O) groups is 1. The van der Waals surface area contributed by atoms with E-state index in [1.807, 2.05) is 68.4 Å². The molecule has 136 valence electrons. The van der Waals surface area contributed by atoms with Gasteiger partial charge in [-0.1, -0.05) is 55.5 Å². The number of hydrogen-bond acceptors (Lipinski definition) is 3. The van der Waals surface area contributed by atoms with Crippen LogP contribution >= 0.6 is 12.4 Å². The highest BCUT2D eigenvalue weighted by atomic mass is 35.5. The predicted molar refractivity (Wildman–Crippen MR) is 104 cm³/mol. The standard InChI is InChI=1S/C20H26N2O2.ClH/c1-4-24-18-13-9-8-12-17(18)14-22(3)20(23)15(2)19(21)16-10-6-5-7-11-16;/h5-13,15,19H,4,14,21H2,1-3H3;1H. The van der Waals surface area contributed by atoms with E-state index in [0.29, 0.717) is 13.2 Å². The molecule has 2 atom stereocenters. The number of benzene rings is 2. The van der Waals surface area contributed by atoms with Crippen LogP contribution in [0.5, 0.6) is 5.75 Å². The lowest BCUT2D eigenvalue weighted by atomic mass is 9.94. The van der Waals surface area contributed by atoms with Gasteiger partial charge in [0, 0.05) is 25.2 Å². The first-order valence-electron chi connectivity index (χ1n) is 8.30. The Balaban J connectivity index is 0.00000312. The molecule has 4 nitrogen and oxygen atoms in total. The zero-order valence-corrected chi connectivity index (χ0v) is 15.8. The second-order valence-electron chi connectivity index (χ2n) is 5.96. The van der Waals surface area contributed by atoms with Crippen molar-refractivity contribution >= 4 is 18.3 Å². The lowest BCUT2D eigenvalue weighted by Crippen LogP contribution is -2.36. The molecule has 5 heteroatoms. The summed E-state index contributed by atoms with van der Waals surface area (Å²) in [4.78, 5) is 14.5. The molecule has 0 spiro atoms. The zero-order chi connectivity index (χ0) is 17.5. The van der Waals surface area contributed by atoms with Gasteiger partial charge < -0.3 is 15.4 Å². The Morgan fingerprint density at radius 1 is 1.12 bits per heavy atom. The molecule has 0 aromatic heterocycles. The van der Waals surface area contributed by atoms with Crippen LogP contribution in [-0.2, 0) is 11.3 Å². The molecule has 0 heterocycles. The van der Waals surface area contributed by atoms with Gasteiger partial charge in [0.25, 0.3) is 0 Å². The third-order valence-electron chi connectivity index (χ3n) is 4.17. The first kappa shape index (κ1) is 21.0. The third-order valence-corrected chi connectivity index (χ3v) is 4.17. The third kappa shape index (κ3) is 5.48. The van der Waals surface area contributed by atoms with Crippen LogP contribution in [0.2, 0.25) is 0 Å². The Bertz CT molecular complexity index is 664. The Morgan fingerprint density at radius 2 is 1.72 bits per heavy atom. The van der Waals surface area contributed by atoms with Crippen molar-refractivity contribution < 1.29 is 9.53 Å². The maximum Gasteiger partial charge on any atom is 0.227 e. The van der Waals surface area contributed by atoms with E-state index in [1.54, 1.807) is 11.9 Å². The fourth-order valence-electron chi connectivity index (χ4n) is 2.73. The molecule has 0 aliphatic carbocycles. The van der Waals surface area contributed by atoms with Crippen molar-refractivity contribution in [3.8, 4) is 5.75 Å². The monoisotopic (exact) mass is 362 g/mol. The van der Waals surface area contributed by atoms with Crippen LogP contribution < -0.4 is 10.5 Å². The Labute approximate surface area is 156 Å². The van der Waals surface area contributed by atoms with Crippen LogP contribution in [0.25, 0.3) is 0 Å². The normalized spacial score (nSPS) is 12.6. The van der Waals surface area contributed by atoms with E-state index in [1.165, 1.54) is 0 Å². The van der Waals surface area contributed by atoms with Gasteiger partial charge in [-0.3, -0.25) is 4.79 Å². The minimum atomic E-state index is -0.316. The molecule has 1 amide bonds. The molecule has 2 aromatic carbocycles. The second kappa shape index (κ2) is 10.1. The molecule has 2 rings (SSSR count). The van der Waals surface area contributed by atoms with Crippen molar-refractivity contribution in [2.24, 2.45) is 11.7 Å². The minimum Gasteiger partial charge on any atom is -0.494 e. The molecule has 0 radical (unpaired) electrons. The zero-order valence-electron chi connectivity index (χ0n) is 15.0. The van der Waals surface area contributed by atoms with Gasteiger partial charge >= 0.3 is 0 Å². The van der Waals surface area contributed by atoms with Crippen LogP contribution in [0.15, 0.2) is 54.6 Å². The van der Waals surface area contributed by atoms with E-state index >= 15 is 0 Å². The van der Waals surface area contributed by atoms with E-state index in [9.17, 15) is 4.79 Å². The summed E-state index contributed by atoms with van der Waals surface area (Å²) >= 11 is 0. The van der Waals surface area contributed by atoms with Crippen LogP contribution in [-0.4, -0.2) is 24.5 Å².